The standard InChI is InChI=1S/C17H25NO3/c1-11(2)8-14(19)10-18-12(3)16-9-13-6-5-7-15(20-4)17(13)21-16/h5-7,9,11-12,14,18-19H,8,10H2,1-4H3. The van der Waals surface area contributed by atoms with Crippen LogP contribution in [-0.2, 0) is 0 Å². The summed E-state index contributed by atoms with van der Waals surface area (Å²) in [5, 5.41) is 14.3. The first-order valence-electron chi connectivity index (χ1n) is 7.49. The van der Waals surface area contributed by atoms with Gasteiger partial charge < -0.3 is 19.6 Å². The minimum absolute atomic E-state index is 0.0453. The van der Waals surface area contributed by atoms with E-state index < -0.39 is 0 Å². The van der Waals surface area contributed by atoms with Crippen LogP contribution in [-0.4, -0.2) is 24.9 Å². The number of aliphatic hydroxyl groups is 1. The van der Waals surface area contributed by atoms with Gasteiger partial charge in [-0.2, -0.15) is 0 Å². The summed E-state index contributed by atoms with van der Waals surface area (Å²) in [6, 6.07) is 7.91. The van der Waals surface area contributed by atoms with Gasteiger partial charge in [0.05, 0.1) is 19.3 Å². The van der Waals surface area contributed by atoms with Crippen LogP contribution in [0.2, 0.25) is 0 Å². The van der Waals surface area contributed by atoms with E-state index in [2.05, 4.69) is 19.2 Å². The number of fused-ring (bicyclic) bond motifs is 1. The maximum atomic E-state index is 9.92. The number of nitrogens with one attached hydrogen (secondary N) is 1. The van der Waals surface area contributed by atoms with E-state index in [4.69, 9.17) is 9.15 Å². The van der Waals surface area contributed by atoms with Gasteiger partial charge in [-0.05, 0) is 31.4 Å². The van der Waals surface area contributed by atoms with Crippen LogP contribution in [0.3, 0.4) is 0 Å². The van der Waals surface area contributed by atoms with Crippen molar-refractivity contribution < 1.29 is 14.3 Å². The number of methoxy groups -OCH3 is 1. The molecule has 2 N–H and O–H groups in total. The van der Waals surface area contributed by atoms with Crippen LogP contribution in [0.5, 0.6) is 5.75 Å². The predicted molar refractivity (Wildman–Crippen MR) is 84.6 cm³/mol. The Bertz CT molecular complexity index is 576. The molecule has 1 aromatic heterocycles. The van der Waals surface area contributed by atoms with Gasteiger partial charge in [0.1, 0.15) is 5.76 Å². The Kier molecular flexibility index (Phi) is 5.26. The molecule has 0 aliphatic rings. The van der Waals surface area contributed by atoms with Crippen LogP contribution in [0.15, 0.2) is 28.7 Å². The summed E-state index contributed by atoms with van der Waals surface area (Å²) < 4.78 is 11.2. The molecule has 4 nitrogen and oxygen atoms in total. The largest absolute Gasteiger partial charge is 0.493 e. The zero-order valence-corrected chi connectivity index (χ0v) is 13.2. The van der Waals surface area contributed by atoms with Crippen molar-refractivity contribution in [3.05, 3.63) is 30.0 Å². The average molecular weight is 291 g/mol. The van der Waals surface area contributed by atoms with Crippen LogP contribution < -0.4 is 10.1 Å². The van der Waals surface area contributed by atoms with Gasteiger partial charge in [-0.15, -0.1) is 0 Å². The van der Waals surface area contributed by atoms with Gasteiger partial charge >= 0.3 is 0 Å². The van der Waals surface area contributed by atoms with Crippen molar-refractivity contribution in [3.8, 4) is 5.75 Å². The van der Waals surface area contributed by atoms with E-state index in [9.17, 15) is 5.11 Å². The van der Waals surface area contributed by atoms with Gasteiger partial charge in [0.2, 0.25) is 0 Å². The normalized spacial score (nSPS) is 14.6. The molecule has 0 fully saturated rings. The lowest BCUT2D eigenvalue weighted by Crippen LogP contribution is -2.29. The Hall–Kier alpha value is -1.52. The molecule has 0 radical (unpaired) electrons. The van der Waals surface area contributed by atoms with Crippen molar-refractivity contribution >= 4 is 11.0 Å². The second-order valence-corrected chi connectivity index (χ2v) is 5.94. The molecule has 0 aliphatic heterocycles. The molecule has 2 rings (SSSR count). The minimum atomic E-state index is -0.327. The molecule has 0 bridgehead atoms. The molecule has 2 aromatic rings. The van der Waals surface area contributed by atoms with E-state index in [1.807, 2.05) is 31.2 Å². The van der Waals surface area contributed by atoms with Crippen molar-refractivity contribution in [2.45, 2.75) is 39.3 Å². The minimum Gasteiger partial charge on any atom is -0.493 e. The van der Waals surface area contributed by atoms with Crippen LogP contribution >= 0.6 is 0 Å². The number of furan rings is 1. The third-order valence-corrected chi connectivity index (χ3v) is 3.58. The Morgan fingerprint density at radius 3 is 2.71 bits per heavy atom. The summed E-state index contributed by atoms with van der Waals surface area (Å²) in [7, 11) is 1.64. The number of hydrogen-bond donors (Lipinski definition) is 2. The zero-order chi connectivity index (χ0) is 15.4. The monoisotopic (exact) mass is 291 g/mol. The zero-order valence-electron chi connectivity index (χ0n) is 13.2. The predicted octanol–water partition coefficient (Wildman–Crippen LogP) is 3.50. The molecule has 0 spiro atoms. The maximum absolute atomic E-state index is 9.92. The van der Waals surface area contributed by atoms with Crippen molar-refractivity contribution in [2.24, 2.45) is 5.92 Å². The quantitative estimate of drug-likeness (QED) is 0.820. The van der Waals surface area contributed by atoms with Crippen molar-refractivity contribution in [2.75, 3.05) is 13.7 Å². The van der Waals surface area contributed by atoms with Gasteiger partial charge in [-0.1, -0.05) is 26.0 Å². The molecule has 1 aromatic carbocycles. The number of benzene rings is 1. The summed E-state index contributed by atoms with van der Waals surface area (Å²) in [5.41, 5.74) is 0.770. The molecule has 0 aliphatic carbocycles. The van der Waals surface area contributed by atoms with Gasteiger partial charge in [-0.3, -0.25) is 0 Å². The lowest BCUT2D eigenvalue weighted by atomic mass is 10.1. The molecule has 0 saturated carbocycles. The van der Waals surface area contributed by atoms with Gasteiger partial charge in [0.15, 0.2) is 11.3 Å². The highest BCUT2D eigenvalue weighted by molar-refractivity contribution is 5.83. The topological polar surface area (TPSA) is 54.6 Å². The number of rotatable bonds is 7. The van der Waals surface area contributed by atoms with Crippen molar-refractivity contribution in [1.29, 1.82) is 0 Å². The smallest absolute Gasteiger partial charge is 0.176 e. The fraction of sp³-hybridized carbons (Fsp3) is 0.529. The fourth-order valence-electron chi connectivity index (χ4n) is 2.47. The van der Waals surface area contributed by atoms with E-state index in [-0.39, 0.29) is 12.1 Å². The SMILES string of the molecule is COc1cccc2cc(C(C)NCC(O)CC(C)C)oc12. The van der Waals surface area contributed by atoms with E-state index >= 15 is 0 Å². The molecule has 0 saturated heterocycles. The first-order chi connectivity index (χ1) is 10.0. The first-order valence-corrected chi connectivity index (χ1v) is 7.49. The third kappa shape index (κ3) is 3.99. The average Bonchev–Trinajstić information content (AvgIpc) is 2.87. The van der Waals surface area contributed by atoms with E-state index in [0.29, 0.717) is 12.5 Å². The summed E-state index contributed by atoms with van der Waals surface area (Å²) in [4.78, 5) is 0. The highest BCUT2D eigenvalue weighted by atomic mass is 16.5. The van der Waals surface area contributed by atoms with Gasteiger partial charge in [0.25, 0.3) is 0 Å². The Labute approximate surface area is 126 Å². The van der Waals surface area contributed by atoms with Crippen LogP contribution in [0.4, 0.5) is 0 Å². The molecule has 21 heavy (non-hydrogen) atoms. The second-order valence-electron chi connectivity index (χ2n) is 5.94. The lowest BCUT2D eigenvalue weighted by Gasteiger charge is -2.17. The molecule has 1 heterocycles. The maximum Gasteiger partial charge on any atom is 0.176 e. The number of ether oxygens (including phenoxy) is 1. The second kappa shape index (κ2) is 6.96. The summed E-state index contributed by atoms with van der Waals surface area (Å²) in [6.07, 6.45) is 0.472. The highest BCUT2D eigenvalue weighted by Crippen LogP contribution is 2.30. The molecule has 2 atom stereocenters. The van der Waals surface area contributed by atoms with Crippen LogP contribution in [0, 0.1) is 5.92 Å². The Morgan fingerprint density at radius 2 is 2.05 bits per heavy atom. The van der Waals surface area contributed by atoms with E-state index in [0.717, 1.165) is 28.9 Å². The Balaban J connectivity index is 2.04. The molecule has 0 amide bonds. The molecular formula is C17H25NO3. The molecular weight excluding hydrogens is 266 g/mol. The number of aliphatic hydroxyl groups excluding tert-OH is 1. The first kappa shape index (κ1) is 15.9. The summed E-state index contributed by atoms with van der Waals surface area (Å²) >= 11 is 0. The van der Waals surface area contributed by atoms with Crippen molar-refractivity contribution in [1.82, 2.24) is 5.32 Å². The summed E-state index contributed by atoms with van der Waals surface area (Å²) in [6.45, 7) is 6.82. The van der Waals surface area contributed by atoms with Gasteiger partial charge in [-0.25, -0.2) is 0 Å². The van der Waals surface area contributed by atoms with Crippen molar-refractivity contribution in [3.63, 3.8) is 0 Å². The molecule has 2 unspecified atom stereocenters. The Morgan fingerprint density at radius 1 is 1.29 bits per heavy atom. The molecule has 4 heteroatoms. The summed E-state index contributed by atoms with van der Waals surface area (Å²) in [5.74, 6) is 2.09. The van der Waals surface area contributed by atoms with Gasteiger partial charge in [0, 0.05) is 11.9 Å². The lowest BCUT2D eigenvalue weighted by molar-refractivity contribution is 0.142. The van der Waals surface area contributed by atoms with E-state index in [1.165, 1.54) is 0 Å². The number of hydrogen-bond acceptors (Lipinski definition) is 4. The highest BCUT2D eigenvalue weighted by Gasteiger charge is 2.15. The fourth-order valence-corrected chi connectivity index (χ4v) is 2.47. The van der Waals surface area contributed by atoms with E-state index in [1.54, 1.807) is 7.11 Å². The molecule has 116 valence electrons. The number of para-hydroxylation sites is 1. The van der Waals surface area contributed by atoms with Crippen LogP contribution in [0.1, 0.15) is 39.0 Å². The van der Waals surface area contributed by atoms with Crippen LogP contribution in [0.25, 0.3) is 11.0 Å². The third-order valence-electron chi connectivity index (χ3n) is 3.58.